The maximum Gasteiger partial charge on any atom is 0.166 e. The first kappa shape index (κ1) is 13.7. The highest BCUT2D eigenvalue weighted by atomic mass is 32.1. The quantitative estimate of drug-likeness (QED) is 0.482. The first-order valence-corrected chi connectivity index (χ1v) is 6.17. The van der Waals surface area contributed by atoms with Crippen LogP contribution in [0.1, 0.15) is 51.9 Å². The van der Waals surface area contributed by atoms with Crippen LogP contribution in [0.3, 0.4) is 0 Å². The van der Waals surface area contributed by atoms with Crippen LogP contribution in [-0.2, 0) is 0 Å². The van der Waals surface area contributed by atoms with Crippen LogP contribution in [-0.4, -0.2) is 18.7 Å². The molecule has 0 aromatic rings. The zero-order valence-corrected chi connectivity index (χ0v) is 10.4. The lowest BCUT2D eigenvalue weighted by molar-refractivity contribution is 0.585. The van der Waals surface area contributed by atoms with Crippen molar-refractivity contribution in [1.29, 1.82) is 0 Å². The Morgan fingerprint density at radius 3 is 2.14 bits per heavy atom. The van der Waals surface area contributed by atoms with Gasteiger partial charge in [0.25, 0.3) is 0 Å². The molecule has 0 atom stereocenters. The van der Waals surface area contributed by atoms with Gasteiger partial charge in [0, 0.05) is 13.6 Å². The SMILES string of the molecule is CCCCCCCCCNC(=S)NC. The summed E-state index contributed by atoms with van der Waals surface area (Å²) < 4.78 is 0. The van der Waals surface area contributed by atoms with Gasteiger partial charge in [-0.15, -0.1) is 0 Å². The third-order valence-electron chi connectivity index (χ3n) is 2.29. The molecule has 0 rings (SSSR count). The summed E-state index contributed by atoms with van der Waals surface area (Å²) in [6.07, 6.45) is 9.44. The summed E-state index contributed by atoms with van der Waals surface area (Å²) in [6.45, 7) is 3.26. The first-order chi connectivity index (χ1) is 6.81. The van der Waals surface area contributed by atoms with Gasteiger partial charge >= 0.3 is 0 Å². The van der Waals surface area contributed by atoms with Gasteiger partial charge in [-0.1, -0.05) is 45.4 Å². The van der Waals surface area contributed by atoms with Crippen LogP contribution in [0, 0.1) is 0 Å². The molecule has 0 fully saturated rings. The second-order valence-corrected chi connectivity index (χ2v) is 4.04. The Labute approximate surface area is 93.8 Å². The summed E-state index contributed by atoms with van der Waals surface area (Å²) >= 11 is 4.97. The van der Waals surface area contributed by atoms with E-state index in [-0.39, 0.29) is 0 Å². The van der Waals surface area contributed by atoms with Gasteiger partial charge in [0.05, 0.1) is 0 Å². The number of unbranched alkanes of at least 4 members (excludes halogenated alkanes) is 6. The average molecular weight is 216 g/mol. The Bertz CT molecular complexity index is 137. The molecule has 2 nitrogen and oxygen atoms in total. The predicted molar refractivity (Wildman–Crippen MR) is 67.7 cm³/mol. The summed E-state index contributed by atoms with van der Waals surface area (Å²) in [4.78, 5) is 0. The monoisotopic (exact) mass is 216 g/mol. The highest BCUT2D eigenvalue weighted by Gasteiger charge is 1.92. The maximum absolute atomic E-state index is 4.97. The van der Waals surface area contributed by atoms with Crippen LogP contribution in [0.4, 0.5) is 0 Å². The lowest BCUT2D eigenvalue weighted by Gasteiger charge is -2.06. The topological polar surface area (TPSA) is 24.1 Å². The molecule has 3 heteroatoms. The number of hydrogen-bond donors (Lipinski definition) is 2. The molecular weight excluding hydrogens is 192 g/mol. The van der Waals surface area contributed by atoms with Crippen molar-refractivity contribution in [3.63, 3.8) is 0 Å². The van der Waals surface area contributed by atoms with Gasteiger partial charge in [-0.05, 0) is 18.6 Å². The minimum Gasteiger partial charge on any atom is -0.366 e. The van der Waals surface area contributed by atoms with Crippen LogP contribution in [0.5, 0.6) is 0 Å². The Balaban J connectivity index is 2.95. The third kappa shape index (κ3) is 9.78. The van der Waals surface area contributed by atoms with Crippen molar-refractivity contribution >= 4 is 17.3 Å². The maximum atomic E-state index is 4.97. The summed E-state index contributed by atoms with van der Waals surface area (Å²) in [5.41, 5.74) is 0. The normalized spacial score (nSPS) is 9.86. The molecule has 0 saturated heterocycles. The number of nitrogens with one attached hydrogen (secondary N) is 2. The van der Waals surface area contributed by atoms with Crippen molar-refractivity contribution in [2.45, 2.75) is 51.9 Å². The molecular formula is C11H24N2S. The van der Waals surface area contributed by atoms with E-state index in [0.717, 1.165) is 11.7 Å². The van der Waals surface area contributed by atoms with Crippen LogP contribution in [0.25, 0.3) is 0 Å². The summed E-state index contributed by atoms with van der Waals surface area (Å²) in [5.74, 6) is 0. The molecule has 0 aliphatic heterocycles. The lowest BCUT2D eigenvalue weighted by Crippen LogP contribution is -2.32. The van der Waals surface area contributed by atoms with E-state index in [2.05, 4.69) is 17.6 Å². The van der Waals surface area contributed by atoms with Crippen molar-refractivity contribution in [2.75, 3.05) is 13.6 Å². The number of thiocarbonyl (C=S) groups is 1. The first-order valence-electron chi connectivity index (χ1n) is 5.76. The predicted octanol–water partition coefficient (Wildman–Crippen LogP) is 2.83. The molecule has 0 aliphatic carbocycles. The van der Waals surface area contributed by atoms with Gasteiger partial charge in [-0.2, -0.15) is 0 Å². The molecule has 0 unspecified atom stereocenters. The molecule has 0 spiro atoms. The van der Waals surface area contributed by atoms with E-state index in [1.807, 2.05) is 7.05 Å². The van der Waals surface area contributed by atoms with E-state index in [0.29, 0.717) is 0 Å². The fourth-order valence-corrected chi connectivity index (χ4v) is 1.47. The van der Waals surface area contributed by atoms with E-state index in [1.165, 1.54) is 44.9 Å². The summed E-state index contributed by atoms with van der Waals surface area (Å²) in [5, 5.41) is 6.82. The van der Waals surface area contributed by atoms with Crippen molar-refractivity contribution in [1.82, 2.24) is 10.6 Å². The smallest absolute Gasteiger partial charge is 0.166 e. The molecule has 0 amide bonds. The highest BCUT2D eigenvalue weighted by Crippen LogP contribution is 2.06. The Morgan fingerprint density at radius 1 is 1.00 bits per heavy atom. The molecule has 84 valence electrons. The molecule has 0 aliphatic rings. The molecule has 0 radical (unpaired) electrons. The van der Waals surface area contributed by atoms with Crippen molar-refractivity contribution < 1.29 is 0 Å². The fourth-order valence-electron chi connectivity index (χ4n) is 1.37. The number of hydrogen-bond acceptors (Lipinski definition) is 1. The van der Waals surface area contributed by atoms with E-state index in [1.54, 1.807) is 0 Å². The largest absolute Gasteiger partial charge is 0.366 e. The molecule has 0 saturated carbocycles. The molecule has 0 heterocycles. The second-order valence-electron chi connectivity index (χ2n) is 3.63. The van der Waals surface area contributed by atoms with Gasteiger partial charge in [0.15, 0.2) is 5.11 Å². The van der Waals surface area contributed by atoms with Gasteiger partial charge in [0.2, 0.25) is 0 Å². The van der Waals surface area contributed by atoms with Crippen molar-refractivity contribution in [2.24, 2.45) is 0 Å². The average Bonchev–Trinajstić information content (AvgIpc) is 2.21. The lowest BCUT2D eigenvalue weighted by atomic mass is 10.1. The fraction of sp³-hybridized carbons (Fsp3) is 0.909. The van der Waals surface area contributed by atoms with Gasteiger partial charge in [-0.25, -0.2) is 0 Å². The van der Waals surface area contributed by atoms with Gasteiger partial charge in [0.1, 0.15) is 0 Å². The minimum atomic E-state index is 0.760. The highest BCUT2D eigenvalue weighted by molar-refractivity contribution is 7.80. The zero-order valence-electron chi connectivity index (χ0n) is 9.57. The van der Waals surface area contributed by atoms with E-state index >= 15 is 0 Å². The molecule has 14 heavy (non-hydrogen) atoms. The molecule has 0 aromatic carbocycles. The molecule has 0 bridgehead atoms. The third-order valence-corrected chi connectivity index (χ3v) is 2.64. The van der Waals surface area contributed by atoms with E-state index in [4.69, 9.17) is 12.2 Å². The standard InChI is InChI=1S/C11H24N2S/c1-3-4-5-6-7-8-9-10-13-11(14)12-2/h3-10H2,1-2H3,(H2,12,13,14). The van der Waals surface area contributed by atoms with E-state index < -0.39 is 0 Å². The second kappa shape index (κ2) is 10.8. The minimum absolute atomic E-state index is 0.760. The summed E-state index contributed by atoms with van der Waals surface area (Å²) in [6, 6.07) is 0. The summed E-state index contributed by atoms with van der Waals surface area (Å²) in [7, 11) is 1.85. The van der Waals surface area contributed by atoms with Gasteiger partial charge in [-0.3, -0.25) is 0 Å². The van der Waals surface area contributed by atoms with Crippen LogP contribution >= 0.6 is 12.2 Å². The van der Waals surface area contributed by atoms with Crippen LogP contribution in [0.15, 0.2) is 0 Å². The molecule has 0 aromatic heterocycles. The zero-order chi connectivity index (χ0) is 10.6. The van der Waals surface area contributed by atoms with Gasteiger partial charge < -0.3 is 10.6 Å². The van der Waals surface area contributed by atoms with Crippen molar-refractivity contribution in [3.05, 3.63) is 0 Å². The Kier molecular flexibility index (Phi) is 10.5. The molecule has 2 N–H and O–H groups in total. The van der Waals surface area contributed by atoms with Crippen LogP contribution < -0.4 is 10.6 Å². The Hall–Kier alpha value is -0.310. The van der Waals surface area contributed by atoms with E-state index in [9.17, 15) is 0 Å². The Morgan fingerprint density at radius 2 is 1.57 bits per heavy atom. The van der Waals surface area contributed by atoms with Crippen LogP contribution in [0.2, 0.25) is 0 Å². The number of rotatable bonds is 8. The van der Waals surface area contributed by atoms with Crippen molar-refractivity contribution in [3.8, 4) is 0 Å².